The van der Waals surface area contributed by atoms with Crippen LogP contribution in [0.15, 0.2) is 42.5 Å². The predicted molar refractivity (Wildman–Crippen MR) is 120 cm³/mol. The lowest BCUT2D eigenvalue weighted by atomic mass is 9.88. The number of alkyl halides is 1. The van der Waals surface area contributed by atoms with Crippen LogP contribution >= 0.6 is 11.6 Å². The van der Waals surface area contributed by atoms with E-state index >= 15 is 0 Å². The van der Waals surface area contributed by atoms with Gasteiger partial charge in [0.15, 0.2) is 17.6 Å². The summed E-state index contributed by atoms with van der Waals surface area (Å²) in [5, 5.41) is 3.17. The Bertz CT molecular complexity index is 881. The molecule has 0 spiro atoms. The summed E-state index contributed by atoms with van der Waals surface area (Å²) in [6, 6.07) is 12.2. The van der Waals surface area contributed by atoms with E-state index < -0.39 is 17.5 Å². The second kappa shape index (κ2) is 12.2. The Balaban J connectivity index is 2.28. The van der Waals surface area contributed by atoms with Crippen LogP contribution in [0.1, 0.15) is 29.3 Å². The summed E-state index contributed by atoms with van der Waals surface area (Å²) in [5.41, 5.74) is 0.279. The van der Waals surface area contributed by atoms with E-state index in [0.29, 0.717) is 23.7 Å². The number of carbonyl (C=O) groups is 2. The molecule has 0 aliphatic heterocycles. The molecule has 0 heterocycles. The van der Waals surface area contributed by atoms with Gasteiger partial charge in [-0.05, 0) is 24.1 Å². The summed E-state index contributed by atoms with van der Waals surface area (Å²) in [4.78, 5) is 24.8. The van der Waals surface area contributed by atoms with Crippen molar-refractivity contribution in [1.29, 1.82) is 0 Å². The van der Waals surface area contributed by atoms with Crippen molar-refractivity contribution in [3.05, 3.63) is 53.6 Å². The highest BCUT2D eigenvalue weighted by molar-refractivity contribution is 6.17. The van der Waals surface area contributed by atoms with Gasteiger partial charge in [-0.15, -0.1) is 0 Å². The maximum atomic E-state index is 12.9. The molecule has 0 saturated heterocycles. The minimum Gasteiger partial charge on any atom is -0.493 e. The number of rotatable bonds is 12. The van der Waals surface area contributed by atoms with Crippen LogP contribution in [0.3, 0.4) is 0 Å². The molecule has 0 aromatic heterocycles. The van der Waals surface area contributed by atoms with Crippen LogP contribution in [0.25, 0.3) is 0 Å². The molecule has 0 fully saturated rings. The third-order valence-electron chi connectivity index (χ3n) is 5.07. The van der Waals surface area contributed by atoms with Crippen molar-refractivity contribution in [2.24, 2.45) is 0 Å². The van der Waals surface area contributed by atoms with Gasteiger partial charge < -0.3 is 23.7 Å². The highest BCUT2D eigenvalue weighted by atomic mass is 35.5. The number of halogens is 1. The van der Waals surface area contributed by atoms with E-state index in [0.717, 1.165) is 5.56 Å². The molecule has 0 aliphatic carbocycles. The minimum atomic E-state index is -0.817. The van der Waals surface area contributed by atoms with E-state index in [1.165, 1.54) is 33.5 Å². The summed E-state index contributed by atoms with van der Waals surface area (Å²) in [6.45, 7) is 1.80. The molecule has 2 rings (SSSR count). The summed E-state index contributed by atoms with van der Waals surface area (Å²) in [7, 11) is 4.41. The van der Waals surface area contributed by atoms with Crippen LogP contribution in [-0.4, -0.2) is 52.5 Å². The van der Waals surface area contributed by atoms with E-state index in [1.807, 2.05) is 37.3 Å². The van der Waals surface area contributed by atoms with E-state index in [2.05, 4.69) is 5.32 Å². The van der Waals surface area contributed by atoms with Gasteiger partial charge in [0.25, 0.3) is 0 Å². The maximum absolute atomic E-state index is 12.9. The normalized spacial score (nSPS) is 12.4. The van der Waals surface area contributed by atoms with Gasteiger partial charge in [0.05, 0.1) is 39.0 Å². The third-order valence-corrected chi connectivity index (χ3v) is 5.18. The highest BCUT2D eigenvalue weighted by Crippen LogP contribution is 2.38. The lowest BCUT2D eigenvalue weighted by molar-refractivity contribution is -0.141. The molecule has 0 amide bonds. The quantitative estimate of drug-likeness (QED) is 0.376. The Kier molecular flexibility index (Phi) is 9.61. The number of esters is 2. The molecule has 0 bridgehead atoms. The Morgan fingerprint density at radius 2 is 1.59 bits per heavy atom. The Morgan fingerprint density at radius 1 is 0.969 bits per heavy atom. The largest absolute Gasteiger partial charge is 0.493 e. The SMILES string of the molecule is CC[C@](COC(=O)c1cc(OC)c(OC)c(OC)c1)(NCC(=O)OCCl)c1ccccc1. The molecular weight excluding hydrogens is 438 g/mol. The summed E-state index contributed by atoms with van der Waals surface area (Å²) < 4.78 is 26.4. The molecule has 174 valence electrons. The predicted octanol–water partition coefficient (Wildman–Crippen LogP) is 3.50. The Hall–Kier alpha value is -2.97. The molecule has 2 aromatic carbocycles. The number of nitrogens with one attached hydrogen (secondary N) is 1. The van der Waals surface area contributed by atoms with Gasteiger partial charge in [-0.3, -0.25) is 10.1 Å². The zero-order valence-electron chi connectivity index (χ0n) is 18.6. The number of hydrogen-bond donors (Lipinski definition) is 1. The fourth-order valence-corrected chi connectivity index (χ4v) is 3.37. The summed E-state index contributed by atoms with van der Waals surface area (Å²) in [6.07, 6.45) is 0.535. The Labute approximate surface area is 192 Å². The fraction of sp³-hybridized carbons (Fsp3) is 0.391. The number of methoxy groups -OCH3 is 3. The molecule has 1 N–H and O–H groups in total. The molecule has 0 aliphatic rings. The van der Waals surface area contributed by atoms with E-state index in [4.69, 9.17) is 35.3 Å². The number of benzene rings is 2. The fourth-order valence-electron chi connectivity index (χ4n) is 3.25. The number of carbonyl (C=O) groups excluding carboxylic acids is 2. The molecule has 0 radical (unpaired) electrons. The van der Waals surface area contributed by atoms with Crippen molar-refractivity contribution in [1.82, 2.24) is 5.32 Å². The topological polar surface area (TPSA) is 92.3 Å². The maximum Gasteiger partial charge on any atom is 0.338 e. The molecule has 0 unspecified atom stereocenters. The van der Waals surface area contributed by atoms with Crippen molar-refractivity contribution in [2.45, 2.75) is 18.9 Å². The molecular formula is C23H28ClNO7. The van der Waals surface area contributed by atoms with E-state index in [9.17, 15) is 9.59 Å². The first-order valence-corrected chi connectivity index (χ1v) is 10.5. The van der Waals surface area contributed by atoms with Gasteiger partial charge in [0.1, 0.15) is 6.61 Å². The van der Waals surface area contributed by atoms with Crippen molar-refractivity contribution >= 4 is 23.5 Å². The molecule has 0 saturated carbocycles. The molecule has 9 heteroatoms. The molecule has 1 atom stereocenters. The smallest absolute Gasteiger partial charge is 0.338 e. The van der Waals surface area contributed by atoms with Gasteiger partial charge in [-0.25, -0.2) is 4.79 Å². The summed E-state index contributed by atoms with van der Waals surface area (Å²) in [5.74, 6) is -0.0396. The lowest BCUT2D eigenvalue weighted by Gasteiger charge is -2.34. The zero-order chi connectivity index (χ0) is 23.6. The van der Waals surface area contributed by atoms with Crippen molar-refractivity contribution in [2.75, 3.05) is 40.5 Å². The first-order chi connectivity index (χ1) is 15.4. The van der Waals surface area contributed by atoms with E-state index in [-0.39, 0.29) is 24.8 Å². The van der Waals surface area contributed by atoms with Crippen molar-refractivity contribution < 1.29 is 33.3 Å². The lowest BCUT2D eigenvalue weighted by Crippen LogP contribution is -2.48. The van der Waals surface area contributed by atoms with Crippen LogP contribution in [0.2, 0.25) is 0 Å². The van der Waals surface area contributed by atoms with Crippen LogP contribution in [0.5, 0.6) is 17.2 Å². The Morgan fingerprint density at radius 3 is 2.09 bits per heavy atom. The van der Waals surface area contributed by atoms with Crippen LogP contribution in [0.4, 0.5) is 0 Å². The third kappa shape index (κ3) is 6.05. The average Bonchev–Trinajstić information content (AvgIpc) is 2.84. The van der Waals surface area contributed by atoms with Crippen LogP contribution < -0.4 is 19.5 Å². The zero-order valence-corrected chi connectivity index (χ0v) is 19.4. The summed E-state index contributed by atoms with van der Waals surface area (Å²) >= 11 is 5.47. The molecule has 8 nitrogen and oxygen atoms in total. The number of hydrogen-bond acceptors (Lipinski definition) is 8. The standard InChI is InChI=1S/C23H28ClNO7/c1-5-23(17-9-7-6-8-10-17,25-13-20(26)32-15-24)14-31-22(27)16-11-18(28-2)21(30-4)19(12-16)29-3/h6-12,25H,5,13-15H2,1-4H3/t23-/m1/s1. The van der Waals surface area contributed by atoms with Gasteiger partial charge >= 0.3 is 11.9 Å². The van der Waals surface area contributed by atoms with Gasteiger partial charge in [0, 0.05) is 0 Å². The highest BCUT2D eigenvalue weighted by Gasteiger charge is 2.33. The molecule has 32 heavy (non-hydrogen) atoms. The van der Waals surface area contributed by atoms with Gasteiger partial charge in [-0.2, -0.15) is 0 Å². The van der Waals surface area contributed by atoms with Gasteiger partial charge in [-0.1, -0.05) is 48.9 Å². The monoisotopic (exact) mass is 465 g/mol. The van der Waals surface area contributed by atoms with Crippen LogP contribution in [-0.2, 0) is 19.8 Å². The van der Waals surface area contributed by atoms with Crippen molar-refractivity contribution in [3.8, 4) is 17.2 Å². The van der Waals surface area contributed by atoms with Crippen LogP contribution in [0, 0.1) is 0 Å². The first-order valence-electron chi connectivity index (χ1n) is 9.93. The van der Waals surface area contributed by atoms with E-state index in [1.54, 1.807) is 0 Å². The minimum absolute atomic E-state index is 0.0306. The van der Waals surface area contributed by atoms with Gasteiger partial charge in [0.2, 0.25) is 5.75 Å². The first kappa shape index (κ1) is 25.3. The number of ether oxygens (including phenoxy) is 5. The molecule has 2 aromatic rings. The van der Waals surface area contributed by atoms with Crippen molar-refractivity contribution in [3.63, 3.8) is 0 Å². The second-order valence-corrected chi connectivity index (χ2v) is 6.99. The second-order valence-electron chi connectivity index (χ2n) is 6.77. The average molecular weight is 466 g/mol.